The average molecular weight is 291 g/mol. The Balaban J connectivity index is 1.78. The molecule has 2 nitrogen and oxygen atoms in total. The van der Waals surface area contributed by atoms with E-state index >= 15 is 0 Å². The van der Waals surface area contributed by atoms with Crippen molar-refractivity contribution in [3.63, 3.8) is 0 Å². The van der Waals surface area contributed by atoms with Crippen LogP contribution in [0.4, 0.5) is 4.39 Å². The Morgan fingerprint density at radius 1 is 1.15 bits per heavy atom. The fourth-order valence-electron chi connectivity index (χ4n) is 2.36. The van der Waals surface area contributed by atoms with Crippen molar-refractivity contribution < 1.29 is 4.39 Å². The minimum absolute atomic E-state index is 0.224. The predicted octanol–water partition coefficient (Wildman–Crippen LogP) is 4.04. The molecular formula is C16H16ClFN2. The Bertz CT molecular complexity index is 564. The summed E-state index contributed by atoms with van der Waals surface area (Å²) in [6.45, 7) is 1.36. The third kappa shape index (κ3) is 3.17. The highest BCUT2D eigenvalue weighted by molar-refractivity contribution is 6.31. The molecule has 0 amide bonds. The molecule has 0 atom stereocenters. The quantitative estimate of drug-likeness (QED) is 0.826. The smallest absolute Gasteiger partial charge is 0.129 e. The first-order valence-electron chi connectivity index (χ1n) is 6.80. The molecule has 0 unspecified atom stereocenters. The summed E-state index contributed by atoms with van der Waals surface area (Å²) in [5.74, 6) is -0.224. The van der Waals surface area contributed by atoms with Gasteiger partial charge in [-0.3, -0.25) is 9.88 Å². The number of nitrogens with zero attached hydrogens (tertiary/aromatic N) is 2. The van der Waals surface area contributed by atoms with E-state index in [0.29, 0.717) is 23.2 Å². The van der Waals surface area contributed by atoms with E-state index in [9.17, 15) is 4.39 Å². The Hall–Kier alpha value is -1.45. The zero-order valence-electron chi connectivity index (χ0n) is 11.1. The second-order valence-corrected chi connectivity index (χ2v) is 5.60. The van der Waals surface area contributed by atoms with E-state index in [2.05, 4.69) is 9.88 Å². The van der Waals surface area contributed by atoms with Gasteiger partial charge in [0.1, 0.15) is 5.82 Å². The van der Waals surface area contributed by atoms with Gasteiger partial charge in [0.25, 0.3) is 0 Å². The fourth-order valence-corrected chi connectivity index (χ4v) is 2.59. The fraction of sp³-hybridized carbons (Fsp3) is 0.312. The zero-order chi connectivity index (χ0) is 13.9. The molecule has 3 rings (SSSR count). The van der Waals surface area contributed by atoms with E-state index in [1.54, 1.807) is 24.5 Å². The van der Waals surface area contributed by atoms with Gasteiger partial charge >= 0.3 is 0 Å². The Kier molecular flexibility index (Phi) is 3.99. The molecule has 104 valence electrons. The lowest BCUT2D eigenvalue weighted by molar-refractivity contribution is 0.242. The second-order valence-electron chi connectivity index (χ2n) is 5.19. The largest absolute Gasteiger partial charge is 0.292 e. The van der Waals surface area contributed by atoms with Crippen LogP contribution in [0.2, 0.25) is 5.02 Å². The van der Waals surface area contributed by atoms with Crippen LogP contribution >= 0.6 is 11.6 Å². The number of halogens is 2. The van der Waals surface area contributed by atoms with Crippen molar-refractivity contribution >= 4 is 11.6 Å². The van der Waals surface area contributed by atoms with E-state index < -0.39 is 0 Å². The van der Waals surface area contributed by atoms with E-state index in [1.807, 2.05) is 12.1 Å². The highest BCUT2D eigenvalue weighted by Crippen LogP contribution is 2.31. The van der Waals surface area contributed by atoms with Crippen LogP contribution < -0.4 is 0 Å². The van der Waals surface area contributed by atoms with Crippen LogP contribution in [0.1, 0.15) is 24.0 Å². The summed E-state index contributed by atoms with van der Waals surface area (Å²) in [5.41, 5.74) is 1.79. The molecule has 0 N–H and O–H groups in total. The van der Waals surface area contributed by atoms with Crippen molar-refractivity contribution in [2.75, 3.05) is 0 Å². The van der Waals surface area contributed by atoms with Crippen molar-refractivity contribution in [1.29, 1.82) is 0 Å². The first-order chi connectivity index (χ1) is 9.74. The molecule has 20 heavy (non-hydrogen) atoms. The standard InChI is InChI=1S/C16H16ClFN2/c17-15-2-1-3-16(18)14(15)11-20(13-4-5-13)10-12-6-8-19-9-7-12/h1-3,6-9,13H,4-5,10-11H2. The summed E-state index contributed by atoms with van der Waals surface area (Å²) in [5, 5.41) is 0.505. The van der Waals surface area contributed by atoms with Crippen molar-refractivity contribution in [3.05, 3.63) is 64.7 Å². The molecule has 4 heteroatoms. The maximum Gasteiger partial charge on any atom is 0.129 e. The van der Waals surface area contributed by atoms with E-state index in [1.165, 1.54) is 24.5 Å². The molecule has 1 aromatic carbocycles. The summed E-state index contributed by atoms with van der Waals surface area (Å²) in [4.78, 5) is 6.32. The highest BCUT2D eigenvalue weighted by atomic mass is 35.5. The third-order valence-corrected chi connectivity index (χ3v) is 3.98. The Morgan fingerprint density at radius 3 is 2.55 bits per heavy atom. The molecule has 2 aromatic rings. The van der Waals surface area contributed by atoms with Crippen molar-refractivity contribution in [2.24, 2.45) is 0 Å². The molecule has 0 radical (unpaired) electrons. The predicted molar refractivity (Wildman–Crippen MR) is 77.9 cm³/mol. The average Bonchev–Trinajstić information content (AvgIpc) is 3.27. The van der Waals surface area contributed by atoms with Gasteiger partial charge in [-0.1, -0.05) is 17.7 Å². The minimum Gasteiger partial charge on any atom is -0.292 e. The molecule has 0 bridgehead atoms. The van der Waals surface area contributed by atoms with Gasteiger partial charge in [-0.05, 0) is 42.7 Å². The van der Waals surface area contributed by atoms with Gasteiger partial charge < -0.3 is 0 Å². The van der Waals surface area contributed by atoms with Crippen LogP contribution in [0.25, 0.3) is 0 Å². The lowest BCUT2D eigenvalue weighted by Crippen LogP contribution is -2.25. The van der Waals surface area contributed by atoms with Gasteiger partial charge in [0.05, 0.1) is 0 Å². The lowest BCUT2D eigenvalue weighted by Gasteiger charge is -2.23. The first-order valence-corrected chi connectivity index (χ1v) is 7.17. The molecule has 1 aromatic heterocycles. The summed E-state index contributed by atoms with van der Waals surface area (Å²) in [6.07, 6.45) is 5.93. The van der Waals surface area contributed by atoms with Crippen LogP contribution in [0.15, 0.2) is 42.7 Å². The number of hydrogen-bond donors (Lipinski definition) is 0. The number of hydrogen-bond acceptors (Lipinski definition) is 2. The van der Waals surface area contributed by atoms with E-state index in [0.717, 1.165) is 6.54 Å². The van der Waals surface area contributed by atoms with E-state index in [-0.39, 0.29) is 5.82 Å². The number of aromatic nitrogens is 1. The summed E-state index contributed by atoms with van der Waals surface area (Å²) < 4.78 is 13.9. The van der Waals surface area contributed by atoms with Gasteiger partial charge in [-0.25, -0.2) is 4.39 Å². The Labute approximate surface area is 123 Å². The summed E-state index contributed by atoms with van der Waals surface area (Å²) in [7, 11) is 0. The lowest BCUT2D eigenvalue weighted by atomic mass is 10.1. The third-order valence-electron chi connectivity index (χ3n) is 3.62. The van der Waals surface area contributed by atoms with Gasteiger partial charge in [-0.2, -0.15) is 0 Å². The molecule has 1 fully saturated rings. The molecule has 1 heterocycles. The van der Waals surface area contributed by atoms with Crippen LogP contribution in [0.3, 0.4) is 0 Å². The van der Waals surface area contributed by atoms with Crippen LogP contribution in [0, 0.1) is 5.82 Å². The second kappa shape index (κ2) is 5.90. The van der Waals surface area contributed by atoms with Crippen molar-refractivity contribution in [3.8, 4) is 0 Å². The maximum atomic E-state index is 13.9. The number of rotatable bonds is 5. The Morgan fingerprint density at radius 2 is 1.90 bits per heavy atom. The van der Waals surface area contributed by atoms with Gasteiger partial charge in [0.2, 0.25) is 0 Å². The molecular weight excluding hydrogens is 275 g/mol. The number of pyridine rings is 1. The minimum atomic E-state index is -0.224. The highest BCUT2D eigenvalue weighted by Gasteiger charge is 2.29. The molecule has 0 saturated heterocycles. The van der Waals surface area contributed by atoms with Crippen LogP contribution in [0.5, 0.6) is 0 Å². The summed E-state index contributed by atoms with van der Waals surface area (Å²) in [6, 6.07) is 9.40. The van der Waals surface area contributed by atoms with Crippen molar-refractivity contribution in [2.45, 2.75) is 32.0 Å². The maximum absolute atomic E-state index is 13.9. The number of benzene rings is 1. The van der Waals surface area contributed by atoms with Gasteiger partial charge in [0, 0.05) is 42.1 Å². The summed E-state index contributed by atoms with van der Waals surface area (Å²) >= 11 is 6.13. The van der Waals surface area contributed by atoms with Crippen molar-refractivity contribution in [1.82, 2.24) is 9.88 Å². The van der Waals surface area contributed by atoms with E-state index in [4.69, 9.17) is 11.6 Å². The zero-order valence-corrected chi connectivity index (χ0v) is 11.9. The molecule has 1 aliphatic rings. The monoisotopic (exact) mass is 290 g/mol. The molecule has 0 aliphatic heterocycles. The SMILES string of the molecule is Fc1cccc(Cl)c1CN(Cc1ccncc1)C1CC1. The molecule has 0 spiro atoms. The molecule has 1 aliphatic carbocycles. The van der Waals surface area contributed by atoms with Crippen LogP contribution in [-0.4, -0.2) is 15.9 Å². The van der Waals surface area contributed by atoms with Crippen LogP contribution in [-0.2, 0) is 13.1 Å². The van der Waals surface area contributed by atoms with Gasteiger partial charge in [0.15, 0.2) is 0 Å². The molecule has 1 saturated carbocycles. The first kappa shape index (κ1) is 13.5. The van der Waals surface area contributed by atoms with Gasteiger partial charge in [-0.15, -0.1) is 0 Å². The topological polar surface area (TPSA) is 16.1 Å². The normalized spacial score (nSPS) is 14.8.